The quantitative estimate of drug-likeness (QED) is 0.372. The maximum absolute atomic E-state index is 11.2. The molecule has 1 heterocycles. The van der Waals surface area contributed by atoms with E-state index in [9.17, 15) is 15.2 Å². The summed E-state index contributed by atoms with van der Waals surface area (Å²) in [7, 11) is 0. The van der Waals surface area contributed by atoms with Gasteiger partial charge in [0.25, 0.3) is 5.69 Å². The number of nitro groups is 1. The van der Waals surface area contributed by atoms with Crippen molar-refractivity contribution in [2.45, 2.75) is 13.8 Å². The van der Waals surface area contributed by atoms with Crippen molar-refractivity contribution >= 4 is 11.3 Å². The van der Waals surface area contributed by atoms with Gasteiger partial charge in [-0.2, -0.15) is 0 Å². The second-order valence-corrected chi connectivity index (χ2v) is 6.30. The molecule has 1 aromatic heterocycles. The van der Waals surface area contributed by atoms with Crippen molar-refractivity contribution in [1.29, 1.82) is 0 Å². The Morgan fingerprint density at radius 3 is 2.59 bits per heavy atom. The second kappa shape index (κ2) is 6.92. The molecule has 0 saturated heterocycles. The minimum absolute atomic E-state index is 0.00222. The van der Waals surface area contributed by atoms with Gasteiger partial charge in [0.05, 0.1) is 16.3 Å². The van der Waals surface area contributed by atoms with Crippen LogP contribution in [0.2, 0.25) is 0 Å². The van der Waals surface area contributed by atoms with Gasteiger partial charge in [-0.25, -0.2) is 4.98 Å². The van der Waals surface area contributed by atoms with Gasteiger partial charge in [-0.1, -0.05) is 25.3 Å². The van der Waals surface area contributed by atoms with Crippen LogP contribution in [-0.2, 0) is 0 Å². The van der Waals surface area contributed by atoms with Crippen LogP contribution in [-0.4, -0.2) is 20.0 Å². The molecule has 136 valence electrons. The monoisotopic (exact) mass is 361 g/mol. The van der Waals surface area contributed by atoms with Crippen molar-refractivity contribution in [2.75, 3.05) is 0 Å². The molecular weight excluding hydrogens is 342 g/mol. The fraction of sp³-hybridized carbons (Fsp3) is 0.0952. The van der Waals surface area contributed by atoms with Gasteiger partial charge in [0.1, 0.15) is 11.6 Å². The predicted molar refractivity (Wildman–Crippen MR) is 106 cm³/mol. The number of aromatic amines is 1. The van der Waals surface area contributed by atoms with Crippen LogP contribution in [0.1, 0.15) is 16.8 Å². The summed E-state index contributed by atoms with van der Waals surface area (Å²) in [6.07, 6.45) is 1.60. The van der Waals surface area contributed by atoms with Gasteiger partial charge in [-0.3, -0.25) is 10.1 Å². The average Bonchev–Trinajstić information content (AvgIpc) is 3.08. The van der Waals surface area contributed by atoms with Crippen LogP contribution in [0.5, 0.6) is 5.75 Å². The lowest BCUT2D eigenvalue weighted by molar-refractivity contribution is -0.384. The molecule has 2 N–H and O–H groups in total. The van der Waals surface area contributed by atoms with E-state index in [-0.39, 0.29) is 11.4 Å². The molecule has 6 nitrogen and oxygen atoms in total. The number of aryl methyl sites for hydroxylation is 2. The number of nitrogens with one attached hydrogen (secondary N) is 1. The Labute approximate surface area is 156 Å². The fourth-order valence-corrected chi connectivity index (χ4v) is 2.83. The number of aromatic hydroxyl groups is 1. The molecule has 3 rings (SSSR count). The largest absolute Gasteiger partial charge is 0.508 e. The molecule has 0 amide bonds. The zero-order valence-electron chi connectivity index (χ0n) is 15.1. The number of H-pyrrole nitrogens is 1. The second-order valence-electron chi connectivity index (χ2n) is 6.30. The normalized spacial score (nSPS) is 10.6. The summed E-state index contributed by atoms with van der Waals surface area (Å²) in [4.78, 5) is 18.7. The number of non-ortho nitro benzene ring substituents is 1. The molecule has 27 heavy (non-hydrogen) atoms. The number of benzene rings is 2. The van der Waals surface area contributed by atoms with Crippen molar-refractivity contribution in [3.8, 4) is 28.4 Å². The van der Waals surface area contributed by atoms with E-state index in [1.807, 2.05) is 13.0 Å². The van der Waals surface area contributed by atoms with Gasteiger partial charge in [0, 0.05) is 23.3 Å². The molecule has 0 aliphatic heterocycles. The number of nitrogens with zero attached hydrogens (tertiary/aromatic N) is 2. The fourth-order valence-electron chi connectivity index (χ4n) is 2.83. The lowest BCUT2D eigenvalue weighted by Crippen LogP contribution is -1.93. The molecular formula is C21H19N3O3. The van der Waals surface area contributed by atoms with Gasteiger partial charge in [-0.15, -0.1) is 0 Å². The topological polar surface area (TPSA) is 92.1 Å². The molecule has 0 saturated carbocycles. The summed E-state index contributed by atoms with van der Waals surface area (Å²) in [5.41, 5.74) is 4.89. The summed E-state index contributed by atoms with van der Waals surface area (Å²) in [5, 5.41) is 20.9. The summed E-state index contributed by atoms with van der Waals surface area (Å²) < 4.78 is 0. The SMILES string of the molecule is C=CC(=C)c1nc(-c2ccc(O)c(C)c2)[nH]c1-c1cc([N+](=O)[O-])ccc1C. The predicted octanol–water partition coefficient (Wildman–Crippen LogP) is 5.17. The van der Waals surface area contributed by atoms with Gasteiger partial charge < -0.3 is 10.1 Å². The molecule has 2 aromatic carbocycles. The third-order valence-electron chi connectivity index (χ3n) is 4.43. The molecule has 0 atom stereocenters. The standard InChI is InChI=1S/C21H19N3O3/c1-5-12(2)19-20(17-11-16(24(26)27)8-6-13(17)3)23-21(22-19)15-7-9-18(25)14(4)10-15/h5-11,25H,1-2H2,3-4H3,(H,22,23). The molecule has 0 unspecified atom stereocenters. The van der Waals surface area contributed by atoms with Gasteiger partial charge >= 0.3 is 0 Å². The van der Waals surface area contributed by atoms with E-state index in [0.717, 1.165) is 16.7 Å². The van der Waals surface area contributed by atoms with Crippen LogP contribution < -0.4 is 0 Å². The van der Waals surface area contributed by atoms with Crippen LogP contribution in [0.4, 0.5) is 5.69 Å². The molecule has 0 bridgehead atoms. The van der Waals surface area contributed by atoms with Crippen LogP contribution in [0.3, 0.4) is 0 Å². The Bertz CT molecular complexity index is 1080. The first-order chi connectivity index (χ1) is 12.8. The smallest absolute Gasteiger partial charge is 0.270 e. The number of phenolic OH excluding ortho intramolecular Hbond substituents is 1. The molecule has 3 aromatic rings. The van der Waals surface area contributed by atoms with Crippen LogP contribution in [0.15, 0.2) is 55.6 Å². The maximum atomic E-state index is 11.2. The highest BCUT2D eigenvalue weighted by molar-refractivity contribution is 5.84. The van der Waals surface area contributed by atoms with Gasteiger partial charge in [-0.05, 0) is 48.7 Å². The number of aromatic nitrogens is 2. The number of nitro benzene ring substituents is 1. The van der Waals surface area contributed by atoms with Crippen LogP contribution in [0.25, 0.3) is 28.2 Å². The minimum atomic E-state index is -0.425. The molecule has 6 heteroatoms. The number of hydrogen-bond donors (Lipinski definition) is 2. The average molecular weight is 361 g/mol. The highest BCUT2D eigenvalue weighted by Crippen LogP contribution is 2.34. The first-order valence-corrected chi connectivity index (χ1v) is 8.29. The number of hydrogen-bond acceptors (Lipinski definition) is 4. The molecule has 0 aliphatic carbocycles. The lowest BCUT2D eigenvalue weighted by Gasteiger charge is -2.06. The van der Waals surface area contributed by atoms with E-state index >= 15 is 0 Å². The number of imidazole rings is 1. The number of rotatable bonds is 5. The Hall–Kier alpha value is -3.67. The summed E-state index contributed by atoms with van der Waals surface area (Å²) in [5.74, 6) is 0.785. The van der Waals surface area contributed by atoms with Crippen molar-refractivity contribution in [3.05, 3.63) is 82.6 Å². The van der Waals surface area contributed by atoms with Crippen molar-refractivity contribution < 1.29 is 10.0 Å². The van der Waals surface area contributed by atoms with Gasteiger partial charge in [0.2, 0.25) is 0 Å². The third-order valence-corrected chi connectivity index (χ3v) is 4.43. The van der Waals surface area contributed by atoms with Crippen LogP contribution >= 0.6 is 0 Å². The Morgan fingerprint density at radius 2 is 1.96 bits per heavy atom. The minimum Gasteiger partial charge on any atom is -0.508 e. The zero-order chi connectivity index (χ0) is 19.7. The van der Waals surface area contributed by atoms with Crippen molar-refractivity contribution in [1.82, 2.24) is 9.97 Å². The van der Waals surface area contributed by atoms with E-state index < -0.39 is 4.92 Å². The first-order valence-electron chi connectivity index (χ1n) is 8.29. The number of phenols is 1. The van der Waals surface area contributed by atoms with Gasteiger partial charge in [0.15, 0.2) is 0 Å². The third kappa shape index (κ3) is 3.37. The van der Waals surface area contributed by atoms with E-state index in [1.54, 1.807) is 31.2 Å². The summed E-state index contributed by atoms with van der Waals surface area (Å²) in [6.45, 7) is 11.4. The van der Waals surface area contributed by atoms with Crippen LogP contribution in [0, 0.1) is 24.0 Å². The van der Waals surface area contributed by atoms with Crippen molar-refractivity contribution in [3.63, 3.8) is 0 Å². The van der Waals surface area contributed by atoms with E-state index in [4.69, 9.17) is 0 Å². The summed E-state index contributed by atoms with van der Waals surface area (Å²) >= 11 is 0. The Kier molecular flexibility index (Phi) is 4.64. The molecule has 0 spiro atoms. The first kappa shape index (κ1) is 18.1. The molecule has 0 fully saturated rings. The van der Waals surface area contributed by atoms with E-state index in [0.29, 0.717) is 28.3 Å². The van der Waals surface area contributed by atoms with E-state index in [1.165, 1.54) is 12.1 Å². The maximum Gasteiger partial charge on any atom is 0.270 e. The summed E-state index contributed by atoms with van der Waals surface area (Å²) in [6, 6.07) is 9.88. The number of allylic oxidation sites excluding steroid dienone is 2. The lowest BCUT2D eigenvalue weighted by atomic mass is 10.0. The molecule has 0 radical (unpaired) electrons. The van der Waals surface area contributed by atoms with E-state index in [2.05, 4.69) is 23.1 Å². The Morgan fingerprint density at radius 1 is 1.22 bits per heavy atom. The van der Waals surface area contributed by atoms with Crippen molar-refractivity contribution in [2.24, 2.45) is 0 Å². The Balaban J connectivity index is 2.23. The zero-order valence-corrected chi connectivity index (χ0v) is 15.1. The molecule has 0 aliphatic rings. The highest BCUT2D eigenvalue weighted by atomic mass is 16.6. The highest BCUT2D eigenvalue weighted by Gasteiger charge is 2.19.